The van der Waals surface area contributed by atoms with Crippen LogP contribution in [-0.2, 0) is 18.8 Å². The summed E-state index contributed by atoms with van der Waals surface area (Å²) < 4.78 is 5.91. The van der Waals surface area contributed by atoms with E-state index in [2.05, 4.69) is 35.6 Å². The molecule has 2 aromatic rings. The van der Waals surface area contributed by atoms with Gasteiger partial charge in [0.15, 0.2) is 0 Å². The minimum absolute atomic E-state index is 0.239. The number of nitrogens with one attached hydrogen (secondary N) is 1. The Bertz CT molecular complexity index is 560. The van der Waals surface area contributed by atoms with Crippen LogP contribution in [0.15, 0.2) is 48.5 Å². The zero-order valence-electron chi connectivity index (χ0n) is 11.3. The second kappa shape index (κ2) is 6.29. The van der Waals surface area contributed by atoms with Gasteiger partial charge in [-0.15, -0.1) is 11.6 Å². The Balaban J connectivity index is 1.49. The van der Waals surface area contributed by atoms with Gasteiger partial charge in [-0.1, -0.05) is 42.5 Å². The molecular weight excluding hydrogens is 270 g/mol. The summed E-state index contributed by atoms with van der Waals surface area (Å²) in [5, 5.41) is 3.46. The highest BCUT2D eigenvalue weighted by Crippen LogP contribution is 2.27. The van der Waals surface area contributed by atoms with Crippen molar-refractivity contribution < 1.29 is 4.74 Å². The number of rotatable bonds is 5. The van der Waals surface area contributed by atoms with E-state index in [1.165, 1.54) is 11.1 Å². The first-order valence-corrected chi connectivity index (χ1v) is 7.47. The van der Waals surface area contributed by atoms with Crippen molar-refractivity contribution in [2.75, 3.05) is 6.54 Å². The van der Waals surface area contributed by atoms with E-state index in [-0.39, 0.29) is 6.10 Å². The van der Waals surface area contributed by atoms with E-state index < -0.39 is 0 Å². The monoisotopic (exact) mass is 287 g/mol. The van der Waals surface area contributed by atoms with Gasteiger partial charge in [-0.25, -0.2) is 0 Å². The van der Waals surface area contributed by atoms with E-state index in [9.17, 15) is 0 Å². The lowest BCUT2D eigenvalue weighted by Crippen LogP contribution is -2.29. The maximum absolute atomic E-state index is 5.91. The van der Waals surface area contributed by atoms with Gasteiger partial charge in [0.2, 0.25) is 0 Å². The molecule has 0 fully saturated rings. The molecule has 1 N–H and O–H groups in total. The summed E-state index contributed by atoms with van der Waals surface area (Å²) in [6.45, 7) is 1.71. The molecule has 3 heteroatoms. The van der Waals surface area contributed by atoms with E-state index >= 15 is 0 Å². The van der Waals surface area contributed by atoms with Crippen molar-refractivity contribution in [3.05, 3.63) is 65.2 Å². The summed E-state index contributed by atoms with van der Waals surface area (Å²) >= 11 is 5.85. The molecule has 1 atom stereocenters. The zero-order valence-corrected chi connectivity index (χ0v) is 12.1. The Hall–Kier alpha value is -1.51. The molecule has 1 aliphatic rings. The fourth-order valence-electron chi connectivity index (χ4n) is 2.57. The molecule has 0 saturated heterocycles. The van der Waals surface area contributed by atoms with Crippen molar-refractivity contribution in [1.29, 1.82) is 0 Å². The van der Waals surface area contributed by atoms with Gasteiger partial charge >= 0.3 is 0 Å². The van der Waals surface area contributed by atoms with Crippen LogP contribution in [0.1, 0.15) is 16.7 Å². The molecule has 2 nitrogen and oxygen atoms in total. The number of fused-ring (bicyclic) bond motifs is 1. The smallest absolute Gasteiger partial charge is 0.123 e. The average Bonchev–Trinajstić information content (AvgIpc) is 2.90. The van der Waals surface area contributed by atoms with Gasteiger partial charge in [0, 0.05) is 25.4 Å². The molecule has 0 spiro atoms. The molecular formula is C17H18ClNO. The van der Waals surface area contributed by atoms with Crippen LogP contribution in [0.5, 0.6) is 5.75 Å². The number of halogens is 1. The molecule has 1 aliphatic heterocycles. The van der Waals surface area contributed by atoms with Gasteiger partial charge < -0.3 is 10.1 Å². The van der Waals surface area contributed by atoms with E-state index in [4.69, 9.17) is 16.3 Å². The largest absolute Gasteiger partial charge is 0.488 e. The molecule has 1 unspecified atom stereocenters. The highest BCUT2D eigenvalue weighted by molar-refractivity contribution is 6.17. The molecule has 0 aliphatic carbocycles. The Morgan fingerprint density at radius 1 is 1.10 bits per heavy atom. The Kier molecular flexibility index (Phi) is 4.24. The molecule has 0 radical (unpaired) electrons. The summed E-state index contributed by atoms with van der Waals surface area (Å²) in [6.07, 6.45) is 1.23. The van der Waals surface area contributed by atoms with Crippen molar-refractivity contribution in [1.82, 2.24) is 5.32 Å². The van der Waals surface area contributed by atoms with Gasteiger partial charge in [-0.3, -0.25) is 0 Å². The number of alkyl halides is 1. The van der Waals surface area contributed by atoms with Crippen molar-refractivity contribution in [3.8, 4) is 5.75 Å². The van der Waals surface area contributed by atoms with Crippen LogP contribution in [-0.4, -0.2) is 12.6 Å². The molecule has 3 rings (SSSR count). The number of para-hydroxylation sites is 1. The third-order valence-electron chi connectivity index (χ3n) is 3.56. The first-order valence-electron chi connectivity index (χ1n) is 6.94. The molecule has 1 heterocycles. The molecule has 20 heavy (non-hydrogen) atoms. The van der Waals surface area contributed by atoms with E-state index in [0.717, 1.165) is 30.8 Å². The minimum Gasteiger partial charge on any atom is -0.488 e. The molecule has 104 valence electrons. The predicted molar refractivity (Wildman–Crippen MR) is 82.3 cm³/mol. The standard InChI is InChI=1S/C17H18ClNO/c18-10-13-4-3-5-14(8-13)11-19-12-16-9-15-6-1-2-7-17(15)20-16/h1-8,16,19H,9-12H2. The Labute approximate surface area is 124 Å². The lowest BCUT2D eigenvalue weighted by molar-refractivity contribution is 0.227. The van der Waals surface area contributed by atoms with Crippen molar-refractivity contribution in [2.24, 2.45) is 0 Å². The third-order valence-corrected chi connectivity index (χ3v) is 3.87. The number of benzene rings is 2. The van der Waals surface area contributed by atoms with Crippen molar-refractivity contribution in [3.63, 3.8) is 0 Å². The van der Waals surface area contributed by atoms with Crippen molar-refractivity contribution in [2.45, 2.75) is 24.9 Å². The van der Waals surface area contributed by atoms with Crippen LogP contribution in [0.4, 0.5) is 0 Å². The second-order valence-electron chi connectivity index (χ2n) is 5.14. The summed E-state index contributed by atoms with van der Waals surface area (Å²) in [4.78, 5) is 0. The fourth-order valence-corrected chi connectivity index (χ4v) is 2.73. The molecule has 0 amide bonds. The number of hydrogen-bond donors (Lipinski definition) is 1. The first kappa shape index (κ1) is 13.5. The normalized spacial score (nSPS) is 16.8. The maximum atomic E-state index is 5.91. The summed E-state index contributed by atoms with van der Waals surface area (Å²) in [7, 11) is 0. The molecule has 0 bridgehead atoms. The van der Waals surface area contributed by atoms with E-state index in [1.807, 2.05) is 18.2 Å². The van der Waals surface area contributed by atoms with Crippen LogP contribution in [0.2, 0.25) is 0 Å². The van der Waals surface area contributed by atoms with Crippen molar-refractivity contribution >= 4 is 11.6 Å². The molecule has 2 aromatic carbocycles. The summed E-state index contributed by atoms with van der Waals surface area (Å²) in [6, 6.07) is 16.6. The average molecular weight is 288 g/mol. The fraction of sp³-hybridized carbons (Fsp3) is 0.294. The second-order valence-corrected chi connectivity index (χ2v) is 5.40. The SMILES string of the molecule is ClCc1cccc(CNCC2Cc3ccccc3O2)c1. The van der Waals surface area contributed by atoms with Crippen LogP contribution < -0.4 is 10.1 Å². The molecule has 0 aromatic heterocycles. The van der Waals surface area contributed by atoms with Crippen LogP contribution in [0.25, 0.3) is 0 Å². The van der Waals surface area contributed by atoms with Gasteiger partial charge in [0.1, 0.15) is 11.9 Å². The van der Waals surface area contributed by atoms with Gasteiger partial charge in [-0.05, 0) is 22.8 Å². The van der Waals surface area contributed by atoms with E-state index in [1.54, 1.807) is 0 Å². The van der Waals surface area contributed by atoms with Gasteiger partial charge in [-0.2, -0.15) is 0 Å². The predicted octanol–water partition coefficient (Wildman–Crippen LogP) is 3.52. The number of hydrogen-bond acceptors (Lipinski definition) is 2. The van der Waals surface area contributed by atoms with E-state index in [0.29, 0.717) is 5.88 Å². The van der Waals surface area contributed by atoms with Crippen LogP contribution >= 0.6 is 11.6 Å². The van der Waals surface area contributed by atoms with Gasteiger partial charge in [0.05, 0.1) is 0 Å². The lowest BCUT2D eigenvalue weighted by Gasteiger charge is -2.12. The quantitative estimate of drug-likeness (QED) is 0.850. The van der Waals surface area contributed by atoms with Gasteiger partial charge in [0.25, 0.3) is 0 Å². The van der Waals surface area contributed by atoms with Crippen LogP contribution in [0.3, 0.4) is 0 Å². The lowest BCUT2D eigenvalue weighted by atomic mass is 10.1. The maximum Gasteiger partial charge on any atom is 0.123 e. The third kappa shape index (κ3) is 3.14. The highest BCUT2D eigenvalue weighted by Gasteiger charge is 2.21. The highest BCUT2D eigenvalue weighted by atomic mass is 35.5. The minimum atomic E-state index is 0.239. The Morgan fingerprint density at radius 2 is 1.95 bits per heavy atom. The zero-order chi connectivity index (χ0) is 13.8. The summed E-state index contributed by atoms with van der Waals surface area (Å²) in [5.74, 6) is 1.60. The topological polar surface area (TPSA) is 21.3 Å². The first-order chi connectivity index (χ1) is 9.85. The molecule has 0 saturated carbocycles. The Morgan fingerprint density at radius 3 is 2.80 bits per heavy atom. The number of ether oxygens (including phenoxy) is 1. The van der Waals surface area contributed by atoms with Crippen LogP contribution in [0, 0.1) is 0 Å². The summed E-state index contributed by atoms with van der Waals surface area (Å²) in [5.41, 5.74) is 3.73.